The lowest BCUT2D eigenvalue weighted by atomic mass is 9.98. The molecule has 0 aromatic carbocycles. The molecule has 18 heavy (non-hydrogen) atoms. The molecule has 0 radical (unpaired) electrons. The van der Waals surface area contributed by atoms with Gasteiger partial charge in [-0.15, -0.1) is 10.2 Å². The summed E-state index contributed by atoms with van der Waals surface area (Å²) in [7, 11) is 0. The fourth-order valence-electron chi connectivity index (χ4n) is 2.03. The molecule has 1 aromatic rings. The topological polar surface area (TPSA) is 59.9 Å². The predicted octanol–water partition coefficient (Wildman–Crippen LogP) is 2.94. The summed E-state index contributed by atoms with van der Waals surface area (Å²) in [6.07, 6.45) is 6.62. The number of rotatable bonds is 5. The number of halogens is 2. The largest absolute Gasteiger partial charge is 0.376 e. The van der Waals surface area contributed by atoms with Crippen LogP contribution >= 0.6 is 23.2 Å². The summed E-state index contributed by atoms with van der Waals surface area (Å²) >= 11 is 11.5. The van der Waals surface area contributed by atoms with E-state index in [0.29, 0.717) is 25.1 Å². The van der Waals surface area contributed by atoms with Crippen LogP contribution in [0.15, 0.2) is 0 Å². The highest BCUT2D eigenvalue weighted by atomic mass is 35.5. The van der Waals surface area contributed by atoms with Crippen LogP contribution in [-0.4, -0.2) is 34.4 Å². The molecule has 100 valence electrons. The highest BCUT2D eigenvalue weighted by molar-refractivity contribution is 6.32. The van der Waals surface area contributed by atoms with Crippen LogP contribution in [0.2, 0.25) is 10.4 Å². The van der Waals surface area contributed by atoms with Gasteiger partial charge in [0.2, 0.25) is 5.28 Å². The normalized spacial score (nSPS) is 16.8. The van der Waals surface area contributed by atoms with Gasteiger partial charge in [-0.25, -0.2) is 0 Å². The van der Waals surface area contributed by atoms with E-state index in [2.05, 4.69) is 20.5 Å². The van der Waals surface area contributed by atoms with Crippen molar-refractivity contribution in [3.8, 4) is 0 Å². The second-order valence-electron chi connectivity index (χ2n) is 4.28. The van der Waals surface area contributed by atoms with Crippen molar-refractivity contribution in [2.75, 3.05) is 18.5 Å². The molecule has 0 amide bonds. The van der Waals surface area contributed by atoms with E-state index in [-0.39, 0.29) is 10.4 Å². The lowest BCUT2D eigenvalue weighted by Gasteiger charge is -2.22. The predicted molar refractivity (Wildman–Crippen MR) is 71.2 cm³/mol. The van der Waals surface area contributed by atoms with Gasteiger partial charge in [-0.1, -0.05) is 30.9 Å². The van der Waals surface area contributed by atoms with Crippen molar-refractivity contribution in [3.05, 3.63) is 10.4 Å². The first kappa shape index (κ1) is 13.8. The molecule has 7 heteroatoms. The summed E-state index contributed by atoms with van der Waals surface area (Å²) in [4.78, 5) is 3.95. The van der Waals surface area contributed by atoms with Gasteiger partial charge in [-0.2, -0.15) is 4.98 Å². The highest BCUT2D eigenvalue weighted by Gasteiger charge is 2.13. The molecule has 1 aliphatic carbocycles. The molecular formula is C11H16Cl2N4O. The van der Waals surface area contributed by atoms with Crippen LogP contribution in [0.1, 0.15) is 32.1 Å². The summed E-state index contributed by atoms with van der Waals surface area (Å²) in [6, 6.07) is 0. The fourth-order valence-corrected chi connectivity index (χ4v) is 2.30. The van der Waals surface area contributed by atoms with E-state index in [4.69, 9.17) is 27.9 Å². The van der Waals surface area contributed by atoms with Gasteiger partial charge < -0.3 is 10.1 Å². The van der Waals surface area contributed by atoms with E-state index in [1.54, 1.807) is 0 Å². The average molecular weight is 291 g/mol. The van der Waals surface area contributed by atoms with Crippen molar-refractivity contribution in [3.63, 3.8) is 0 Å². The average Bonchev–Trinajstić information content (AvgIpc) is 2.40. The molecule has 0 aliphatic heterocycles. The Hall–Kier alpha value is -0.650. The van der Waals surface area contributed by atoms with Gasteiger partial charge in [0.25, 0.3) is 0 Å². The van der Waals surface area contributed by atoms with Crippen LogP contribution in [0.4, 0.5) is 5.82 Å². The zero-order chi connectivity index (χ0) is 12.8. The van der Waals surface area contributed by atoms with E-state index >= 15 is 0 Å². The number of aromatic nitrogens is 3. The van der Waals surface area contributed by atoms with Gasteiger partial charge in [0, 0.05) is 6.54 Å². The van der Waals surface area contributed by atoms with Crippen molar-refractivity contribution < 1.29 is 4.74 Å². The molecular weight excluding hydrogens is 275 g/mol. The summed E-state index contributed by atoms with van der Waals surface area (Å²) in [5.41, 5.74) is 0. The molecule has 2 rings (SSSR count). The molecule has 0 spiro atoms. The van der Waals surface area contributed by atoms with Gasteiger partial charge in [0.05, 0.1) is 12.7 Å². The Morgan fingerprint density at radius 1 is 1.17 bits per heavy atom. The second kappa shape index (κ2) is 7.07. The van der Waals surface area contributed by atoms with Crippen molar-refractivity contribution >= 4 is 29.0 Å². The number of anilines is 1. The number of hydrogen-bond donors (Lipinski definition) is 1. The van der Waals surface area contributed by atoms with Crippen LogP contribution in [0.3, 0.4) is 0 Å². The molecule has 0 atom stereocenters. The third-order valence-electron chi connectivity index (χ3n) is 2.92. The Labute approximate surface area is 116 Å². The van der Waals surface area contributed by atoms with Crippen LogP contribution < -0.4 is 5.32 Å². The Morgan fingerprint density at radius 3 is 2.72 bits per heavy atom. The third-order valence-corrected chi connectivity index (χ3v) is 3.33. The first-order chi connectivity index (χ1) is 8.75. The summed E-state index contributed by atoms with van der Waals surface area (Å²) in [6.45, 7) is 1.26. The van der Waals surface area contributed by atoms with Gasteiger partial charge >= 0.3 is 0 Å². The SMILES string of the molecule is Clc1nnc(Cl)c(NCCOC2CCCCC2)n1. The second-order valence-corrected chi connectivity index (χ2v) is 4.97. The zero-order valence-corrected chi connectivity index (χ0v) is 11.5. The van der Waals surface area contributed by atoms with E-state index < -0.39 is 0 Å². The van der Waals surface area contributed by atoms with Gasteiger partial charge in [0.15, 0.2) is 11.0 Å². The molecule has 1 N–H and O–H groups in total. The number of ether oxygens (including phenoxy) is 1. The summed E-state index contributed by atoms with van der Waals surface area (Å²) in [5, 5.41) is 10.5. The summed E-state index contributed by atoms with van der Waals surface area (Å²) in [5.74, 6) is 0.448. The monoisotopic (exact) mass is 290 g/mol. The number of nitrogens with zero attached hydrogens (tertiary/aromatic N) is 3. The first-order valence-corrected chi connectivity index (χ1v) is 6.92. The first-order valence-electron chi connectivity index (χ1n) is 6.17. The molecule has 1 saturated carbocycles. The van der Waals surface area contributed by atoms with Crippen LogP contribution in [-0.2, 0) is 4.74 Å². The van der Waals surface area contributed by atoms with Crippen LogP contribution in [0.5, 0.6) is 0 Å². The van der Waals surface area contributed by atoms with E-state index in [1.165, 1.54) is 32.1 Å². The summed E-state index contributed by atoms with van der Waals surface area (Å²) < 4.78 is 5.77. The lowest BCUT2D eigenvalue weighted by Crippen LogP contribution is -2.21. The minimum Gasteiger partial charge on any atom is -0.376 e. The molecule has 5 nitrogen and oxygen atoms in total. The molecule has 0 saturated heterocycles. The van der Waals surface area contributed by atoms with Crippen molar-refractivity contribution in [1.29, 1.82) is 0 Å². The Balaban J connectivity index is 1.69. The maximum absolute atomic E-state index is 5.83. The number of hydrogen-bond acceptors (Lipinski definition) is 5. The van der Waals surface area contributed by atoms with Gasteiger partial charge in [0.1, 0.15) is 0 Å². The Morgan fingerprint density at radius 2 is 1.94 bits per heavy atom. The smallest absolute Gasteiger partial charge is 0.245 e. The molecule has 1 aromatic heterocycles. The number of nitrogens with one attached hydrogen (secondary N) is 1. The quantitative estimate of drug-likeness (QED) is 0.845. The highest BCUT2D eigenvalue weighted by Crippen LogP contribution is 2.20. The maximum Gasteiger partial charge on any atom is 0.245 e. The molecule has 1 heterocycles. The molecule has 0 unspecified atom stereocenters. The standard InChI is InChI=1S/C11H16Cl2N4O/c12-9-10(15-11(13)17-16-9)14-6-7-18-8-4-2-1-3-5-8/h8H,1-7H2,(H,14,15,17). The Bertz CT molecular complexity index is 385. The molecule has 1 aliphatic rings. The minimum absolute atomic E-state index is 0.0788. The van der Waals surface area contributed by atoms with Crippen molar-refractivity contribution in [2.45, 2.75) is 38.2 Å². The fraction of sp³-hybridized carbons (Fsp3) is 0.727. The minimum atomic E-state index is 0.0788. The maximum atomic E-state index is 5.83. The molecule has 1 fully saturated rings. The van der Waals surface area contributed by atoms with Crippen LogP contribution in [0, 0.1) is 0 Å². The zero-order valence-electron chi connectivity index (χ0n) is 10.0. The van der Waals surface area contributed by atoms with Crippen molar-refractivity contribution in [2.24, 2.45) is 0 Å². The van der Waals surface area contributed by atoms with E-state index in [1.807, 2.05) is 0 Å². The third kappa shape index (κ3) is 4.23. The lowest BCUT2D eigenvalue weighted by molar-refractivity contribution is 0.0347. The van der Waals surface area contributed by atoms with E-state index in [9.17, 15) is 0 Å². The molecule has 0 bridgehead atoms. The van der Waals surface area contributed by atoms with Crippen molar-refractivity contribution in [1.82, 2.24) is 15.2 Å². The Kier molecular flexibility index (Phi) is 5.41. The van der Waals surface area contributed by atoms with Gasteiger partial charge in [-0.05, 0) is 24.4 Å². The van der Waals surface area contributed by atoms with E-state index in [0.717, 1.165) is 0 Å². The van der Waals surface area contributed by atoms with Gasteiger partial charge in [-0.3, -0.25) is 0 Å². The van der Waals surface area contributed by atoms with Crippen LogP contribution in [0.25, 0.3) is 0 Å².